The summed E-state index contributed by atoms with van der Waals surface area (Å²) >= 11 is 0. The highest BCUT2D eigenvalue weighted by molar-refractivity contribution is 6.53. The lowest BCUT2D eigenvalue weighted by Gasteiger charge is -2.12. The monoisotopic (exact) mass is 240 g/mol. The van der Waals surface area contributed by atoms with Crippen molar-refractivity contribution < 1.29 is 9.90 Å². The Balaban J connectivity index is 1.95. The summed E-state index contributed by atoms with van der Waals surface area (Å²) in [5, 5.41) is 9.19. The Morgan fingerprint density at radius 1 is 1.11 bits per heavy atom. The Hall–Kier alpha value is -2.63. The topological polar surface area (TPSA) is 86.7 Å². The van der Waals surface area contributed by atoms with E-state index >= 15 is 0 Å². The number of ketones is 1. The summed E-state index contributed by atoms with van der Waals surface area (Å²) < 4.78 is 0. The number of benzene rings is 1. The van der Waals surface area contributed by atoms with Crippen LogP contribution in [0.25, 0.3) is 0 Å². The summed E-state index contributed by atoms with van der Waals surface area (Å²) in [6.07, 6.45) is 2.68. The molecule has 0 aromatic heterocycles. The van der Waals surface area contributed by atoms with Gasteiger partial charge in [0.05, 0.1) is 0 Å². The molecule has 0 saturated heterocycles. The van der Waals surface area contributed by atoms with Crippen LogP contribution >= 0.6 is 0 Å². The van der Waals surface area contributed by atoms with Gasteiger partial charge in [-0.15, -0.1) is 0 Å². The van der Waals surface area contributed by atoms with Crippen LogP contribution in [0.3, 0.4) is 0 Å². The Bertz CT molecular complexity index is 626. The second-order valence-corrected chi connectivity index (χ2v) is 3.79. The van der Waals surface area contributed by atoms with E-state index in [2.05, 4.69) is 20.0 Å². The van der Waals surface area contributed by atoms with Gasteiger partial charge in [-0.2, -0.15) is 0 Å². The lowest BCUT2D eigenvalue weighted by atomic mass is 10.0. The van der Waals surface area contributed by atoms with E-state index < -0.39 is 6.04 Å². The number of Topliss-reactive ketones (excluding diaryl/α,β-unsaturated/α-hetero) is 1. The summed E-state index contributed by atoms with van der Waals surface area (Å²) in [6.45, 7) is 0. The Morgan fingerprint density at radius 3 is 2.67 bits per heavy atom. The number of hydrogen-bond acceptors (Lipinski definition) is 6. The molecule has 0 amide bonds. The van der Waals surface area contributed by atoms with Crippen molar-refractivity contribution in [2.24, 2.45) is 20.0 Å². The molecule has 2 heterocycles. The SMILES string of the molecule is O=C(C1=NC=NC2=NC=NC21)c1ccc(O)cc1. The average Bonchev–Trinajstić information content (AvgIpc) is 2.87. The molecule has 0 bridgehead atoms. The fraction of sp³-hybridized carbons (Fsp3) is 0.0833. The van der Waals surface area contributed by atoms with Gasteiger partial charge in [0.2, 0.25) is 5.78 Å². The summed E-state index contributed by atoms with van der Waals surface area (Å²) in [5.41, 5.74) is 0.742. The van der Waals surface area contributed by atoms with Gasteiger partial charge in [0.15, 0.2) is 11.9 Å². The molecule has 88 valence electrons. The van der Waals surface area contributed by atoms with Crippen molar-refractivity contribution in [3.05, 3.63) is 29.8 Å². The lowest BCUT2D eigenvalue weighted by Crippen LogP contribution is -2.34. The molecular weight excluding hydrogens is 232 g/mol. The highest BCUT2D eigenvalue weighted by Gasteiger charge is 2.31. The summed E-state index contributed by atoms with van der Waals surface area (Å²) in [5.74, 6) is 0.352. The fourth-order valence-electron chi connectivity index (χ4n) is 1.76. The van der Waals surface area contributed by atoms with E-state index in [0.29, 0.717) is 17.1 Å². The second kappa shape index (κ2) is 3.99. The van der Waals surface area contributed by atoms with E-state index in [0.717, 1.165) is 0 Å². The highest BCUT2D eigenvalue weighted by Crippen LogP contribution is 2.15. The van der Waals surface area contributed by atoms with Crippen molar-refractivity contribution in [1.29, 1.82) is 0 Å². The van der Waals surface area contributed by atoms with Crippen LogP contribution in [-0.4, -0.2) is 41.2 Å². The van der Waals surface area contributed by atoms with Gasteiger partial charge in [-0.05, 0) is 24.3 Å². The minimum Gasteiger partial charge on any atom is -0.508 e. The van der Waals surface area contributed by atoms with E-state index in [-0.39, 0.29) is 11.5 Å². The molecule has 0 fully saturated rings. The molecule has 1 aromatic rings. The van der Waals surface area contributed by atoms with Crippen LogP contribution in [-0.2, 0) is 0 Å². The van der Waals surface area contributed by atoms with Crippen molar-refractivity contribution in [3.8, 4) is 5.75 Å². The van der Waals surface area contributed by atoms with E-state index in [1.54, 1.807) is 12.1 Å². The summed E-state index contributed by atoms with van der Waals surface area (Å²) in [7, 11) is 0. The molecule has 1 aromatic carbocycles. The number of hydrogen-bond donors (Lipinski definition) is 1. The number of phenols is 1. The molecule has 1 atom stereocenters. The number of rotatable bonds is 2. The number of amidine groups is 1. The third-order valence-corrected chi connectivity index (χ3v) is 2.66. The van der Waals surface area contributed by atoms with Gasteiger partial charge < -0.3 is 5.11 Å². The maximum Gasteiger partial charge on any atom is 0.209 e. The minimum absolute atomic E-state index is 0.111. The van der Waals surface area contributed by atoms with Gasteiger partial charge in [0, 0.05) is 5.56 Å². The standard InChI is InChI=1S/C12H8N4O2/c17-8-3-1-7(2-4-8)11(18)9-10-12(15-5-13-9)16-6-14-10/h1-6,10,17H. The van der Waals surface area contributed by atoms with E-state index in [4.69, 9.17) is 0 Å². The largest absolute Gasteiger partial charge is 0.508 e. The predicted molar refractivity (Wildman–Crippen MR) is 68.1 cm³/mol. The summed E-state index contributed by atoms with van der Waals surface area (Å²) in [6, 6.07) is 5.49. The number of fused-ring (bicyclic) bond motifs is 1. The molecule has 0 spiro atoms. The molecule has 0 saturated carbocycles. The van der Waals surface area contributed by atoms with Crippen LogP contribution in [0.5, 0.6) is 5.75 Å². The molecule has 1 unspecified atom stereocenters. The second-order valence-electron chi connectivity index (χ2n) is 3.79. The Labute approximate surface area is 102 Å². The highest BCUT2D eigenvalue weighted by atomic mass is 16.3. The molecule has 6 heteroatoms. The molecule has 2 aliphatic heterocycles. The van der Waals surface area contributed by atoms with Gasteiger partial charge in [0.25, 0.3) is 0 Å². The van der Waals surface area contributed by atoms with Gasteiger partial charge in [0.1, 0.15) is 24.1 Å². The first-order valence-corrected chi connectivity index (χ1v) is 5.29. The van der Waals surface area contributed by atoms with Crippen LogP contribution in [0, 0.1) is 0 Å². The first-order valence-electron chi connectivity index (χ1n) is 5.29. The first-order chi connectivity index (χ1) is 8.75. The number of carbonyl (C=O) groups excluding carboxylic acids is 1. The zero-order valence-corrected chi connectivity index (χ0v) is 9.19. The lowest BCUT2D eigenvalue weighted by molar-refractivity contribution is 0.106. The summed E-state index contributed by atoms with van der Waals surface area (Å²) in [4.78, 5) is 28.2. The zero-order valence-electron chi connectivity index (χ0n) is 9.19. The normalized spacial score (nSPS) is 20.3. The third-order valence-electron chi connectivity index (χ3n) is 2.66. The molecule has 0 aliphatic carbocycles. The molecule has 6 nitrogen and oxygen atoms in total. The quantitative estimate of drug-likeness (QED) is 0.777. The first kappa shape index (κ1) is 10.5. The molecule has 3 rings (SSSR count). The van der Waals surface area contributed by atoms with E-state index in [1.807, 2.05) is 0 Å². The van der Waals surface area contributed by atoms with Crippen LogP contribution < -0.4 is 0 Å². The Morgan fingerprint density at radius 2 is 1.89 bits per heavy atom. The van der Waals surface area contributed by atoms with Gasteiger partial charge in [-0.3, -0.25) is 9.79 Å². The van der Waals surface area contributed by atoms with E-state index in [1.165, 1.54) is 24.8 Å². The average molecular weight is 240 g/mol. The van der Waals surface area contributed by atoms with Crippen LogP contribution in [0.1, 0.15) is 10.4 Å². The van der Waals surface area contributed by atoms with Crippen molar-refractivity contribution in [1.82, 2.24) is 0 Å². The number of carbonyl (C=O) groups is 1. The van der Waals surface area contributed by atoms with Gasteiger partial charge in [-0.1, -0.05) is 0 Å². The van der Waals surface area contributed by atoms with Crippen molar-refractivity contribution in [2.45, 2.75) is 6.04 Å². The van der Waals surface area contributed by atoms with E-state index in [9.17, 15) is 9.90 Å². The zero-order chi connectivity index (χ0) is 12.5. The number of aliphatic imine (C=N–C) groups is 4. The number of phenolic OH excluding ortho intramolecular Hbond substituents is 1. The van der Waals surface area contributed by atoms with Crippen molar-refractivity contribution in [2.75, 3.05) is 0 Å². The van der Waals surface area contributed by atoms with Gasteiger partial charge >= 0.3 is 0 Å². The van der Waals surface area contributed by atoms with Crippen molar-refractivity contribution >= 4 is 30.0 Å². The smallest absolute Gasteiger partial charge is 0.209 e. The predicted octanol–water partition coefficient (Wildman–Crippen LogP) is 0.867. The fourth-order valence-corrected chi connectivity index (χ4v) is 1.76. The maximum absolute atomic E-state index is 12.3. The number of aromatic hydroxyl groups is 1. The molecule has 0 radical (unpaired) electrons. The molecular formula is C12H8N4O2. The van der Waals surface area contributed by atoms with Crippen LogP contribution in [0.2, 0.25) is 0 Å². The molecule has 1 N–H and O–H groups in total. The minimum atomic E-state index is -0.503. The van der Waals surface area contributed by atoms with Crippen LogP contribution in [0.4, 0.5) is 0 Å². The molecule has 2 aliphatic rings. The number of nitrogens with zero attached hydrogens (tertiary/aromatic N) is 4. The Kier molecular flexibility index (Phi) is 2.33. The van der Waals surface area contributed by atoms with Gasteiger partial charge in [-0.25, -0.2) is 15.0 Å². The van der Waals surface area contributed by atoms with Crippen molar-refractivity contribution in [3.63, 3.8) is 0 Å². The maximum atomic E-state index is 12.3. The molecule has 18 heavy (non-hydrogen) atoms. The van der Waals surface area contributed by atoms with Crippen LogP contribution in [0.15, 0.2) is 44.2 Å². The third kappa shape index (κ3) is 1.64.